The van der Waals surface area contributed by atoms with Gasteiger partial charge in [-0.2, -0.15) is 4.31 Å². The highest BCUT2D eigenvalue weighted by Gasteiger charge is 2.44. The lowest BCUT2D eigenvalue weighted by Crippen LogP contribution is -2.59. The van der Waals surface area contributed by atoms with Crippen LogP contribution in [0.25, 0.3) is 0 Å². The first-order valence-electron chi connectivity index (χ1n) is 17.3. The van der Waals surface area contributed by atoms with Crippen LogP contribution < -0.4 is 5.32 Å². The van der Waals surface area contributed by atoms with Crippen molar-refractivity contribution in [3.05, 3.63) is 95.3 Å². The molecule has 2 heterocycles. The molecule has 3 N–H and O–H groups in total. The molecule has 1 aliphatic rings. The maximum Gasteiger partial charge on any atom is 0.321 e. The Bertz CT molecular complexity index is 1830. The van der Waals surface area contributed by atoms with Gasteiger partial charge < -0.3 is 25.4 Å². The van der Waals surface area contributed by atoms with Crippen LogP contribution in [0.4, 0.5) is 4.79 Å². The number of rotatable bonds is 16. The van der Waals surface area contributed by atoms with Gasteiger partial charge >= 0.3 is 6.03 Å². The van der Waals surface area contributed by atoms with Crippen molar-refractivity contribution in [3.63, 3.8) is 0 Å². The van der Waals surface area contributed by atoms with Crippen LogP contribution in [0.1, 0.15) is 68.9 Å². The number of urea groups is 1. The van der Waals surface area contributed by atoms with E-state index in [1.807, 2.05) is 65.0 Å². The molecule has 0 unspecified atom stereocenters. The molecule has 1 aromatic heterocycles. The largest absolute Gasteiger partial charge is 0.411 e. The monoisotopic (exact) mass is 734 g/mol. The van der Waals surface area contributed by atoms with Gasteiger partial charge in [0.05, 0.1) is 35.5 Å². The highest BCUT2D eigenvalue weighted by molar-refractivity contribution is 7.89. The number of carbonyl (C=O) groups is 3. The SMILES string of the molecule is CC(=O)c1cccc(CN2CCN([C@H](C(=O)N[C@@H](Cc3ccccc3)[C@H](O)CN(CC(C)C)S(=O)(=O)c3ccc(/C=N/O)cc3)C(C)(C)C)C2=O)n1. The Balaban J connectivity index is 1.60. The fourth-order valence-electron chi connectivity index (χ4n) is 6.32. The molecule has 2 aromatic carbocycles. The van der Waals surface area contributed by atoms with Crippen LogP contribution in [0.3, 0.4) is 0 Å². The van der Waals surface area contributed by atoms with E-state index in [1.54, 1.807) is 23.1 Å². The molecular weight excluding hydrogens is 685 g/mol. The Labute approximate surface area is 306 Å². The van der Waals surface area contributed by atoms with Gasteiger partial charge in [0.25, 0.3) is 0 Å². The number of hydrogen-bond donors (Lipinski definition) is 3. The summed E-state index contributed by atoms with van der Waals surface area (Å²) in [7, 11) is -4.09. The summed E-state index contributed by atoms with van der Waals surface area (Å²) in [4.78, 5) is 47.5. The topological polar surface area (TPSA) is 173 Å². The van der Waals surface area contributed by atoms with E-state index in [0.717, 1.165) is 5.56 Å². The van der Waals surface area contributed by atoms with Crippen LogP contribution in [-0.4, -0.2) is 106 Å². The van der Waals surface area contributed by atoms with Gasteiger partial charge in [-0.25, -0.2) is 18.2 Å². The minimum absolute atomic E-state index is 0.00667. The zero-order chi connectivity index (χ0) is 38.2. The van der Waals surface area contributed by atoms with Crippen LogP contribution in [0.5, 0.6) is 0 Å². The third-order valence-corrected chi connectivity index (χ3v) is 10.6. The fourth-order valence-corrected chi connectivity index (χ4v) is 7.94. The number of nitrogens with zero attached hydrogens (tertiary/aromatic N) is 5. The Morgan fingerprint density at radius 2 is 1.67 bits per heavy atom. The van der Waals surface area contributed by atoms with Gasteiger partial charge in [-0.15, -0.1) is 0 Å². The molecule has 0 bridgehead atoms. The molecule has 0 aliphatic carbocycles. The highest BCUT2D eigenvalue weighted by Crippen LogP contribution is 2.29. The Kier molecular flexibility index (Phi) is 13.3. The second kappa shape index (κ2) is 17.2. The minimum Gasteiger partial charge on any atom is -0.411 e. The summed E-state index contributed by atoms with van der Waals surface area (Å²) in [5.74, 6) is -0.737. The molecule has 13 nitrogen and oxygen atoms in total. The average Bonchev–Trinajstić information content (AvgIpc) is 3.42. The van der Waals surface area contributed by atoms with Gasteiger partial charge in [0.2, 0.25) is 15.9 Å². The van der Waals surface area contributed by atoms with Crippen LogP contribution in [-0.2, 0) is 27.8 Å². The number of carbonyl (C=O) groups excluding carboxylic acids is 3. The average molecular weight is 735 g/mol. The molecule has 3 atom stereocenters. The predicted octanol–water partition coefficient (Wildman–Crippen LogP) is 4.18. The summed E-state index contributed by atoms with van der Waals surface area (Å²) in [6.07, 6.45) is 0.0600. The van der Waals surface area contributed by atoms with Gasteiger partial charge in [0.1, 0.15) is 11.7 Å². The number of aromatic nitrogens is 1. The van der Waals surface area contributed by atoms with Crippen molar-refractivity contribution in [2.24, 2.45) is 16.5 Å². The van der Waals surface area contributed by atoms with Gasteiger partial charge in [0.15, 0.2) is 5.78 Å². The molecule has 0 spiro atoms. The van der Waals surface area contributed by atoms with E-state index >= 15 is 0 Å². The first-order chi connectivity index (χ1) is 24.5. The van der Waals surface area contributed by atoms with Crippen molar-refractivity contribution in [2.75, 3.05) is 26.2 Å². The summed E-state index contributed by atoms with van der Waals surface area (Å²) in [5.41, 5.74) is 1.48. The van der Waals surface area contributed by atoms with Crippen LogP contribution in [0, 0.1) is 11.3 Å². The third-order valence-electron chi connectivity index (χ3n) is 8.80. The molecule has 52 heavy (non-hydrogen) atoms. The maximum atomic E-state index is 14.3. The molecule has 0 radical (unpaired) electrons. The van der Waals surface area contributed by atoms with Crippen molar-refractivity contribution in [1.82, 2.24) is 24.4 Å². The predicted molar refractivity (Wildman–Crippen MR) is 197 cm³/mol. The number of pyridine rings is 1. The smallest absolute Gasteiger partial charge is 0.321 e. The molecule has 1 saturated heterocycles. The van der Waals surface area contributed by atoms with Crippen LogP contribution >= 0.6 is 0 Å². The van der Waals surface area contributed by atoms with Crippen molar-refractivity contribution in [1.29, 1.82) is 0 Å². The lowest BCUT2D eigenvalue weighted by Gasteiger charge is -2.38. The van der Waals surface area contributed by atoms with Gasteiger partial charge in [-0.1, -0.05) is 88.3 Å². The number of sulfonamides is 1. The normalized spacial score (nSPS) is 15.8. The quantitative estimate of drug-likeness (QED) is 0.0851. The molecule has 1 fully saturated rings. The summed E-state index contributed by atoms with van der Waals surface area (Å²) >= 11 is 0. The molecule has 3 aromatic rings. The Morgan fingerprint density at radius 3 is 2.27 bits per heavy atom. The highest BCUT2D eigenvalue weighted by atomic mass is 32.2. The number of Topliss-reactive ketones (excluding diaryl/α,β-unsaturated/α-hetero) is 1. The van der Waals surface area contributed by atoms with E-state index in [0.29, 0.717) is 23.5 Å². The van der Waals surface area contributed by atoms with E-state index in [-0.39, 0.29) is 55.2 Å². The Hall–Kier alpha value is -4.66. The number of oxime groups is 1. The number of nitrogens with one attached hydrogen (secondary N) is 1. The van der Waals surface area contributed by atoms with Gasteiger partial charge in [0, 0.05) is 33.1 Å². The summed E-state index contributed by atoms with van der Waals surface area (Å²) in [5, 5.41) is 26.7. The Morgan fingerprint density at radius 1 is 1.00 bits per heavy atom. The second-order valence-corrected chi connectivity index (χ2v) is 16.6. The van der Waals surface area contributed by atoms with E-state index in [1.165, 1.54) is 46.6 Å². The van der Waals surface area contributed by atoms with Crippen molar-refractivity contribution in [3.8, 4) is 0 Å². The van der Waals surface area contributed by atoms with Crippen LogP contribution in [0.15, 0.2) is 82.8 Å². The summed E-state index contributed by atoms with van der Waals surface area (Å²) < 4.78 is 29.0. The first-order valence-corrected chi connectivity index (χ1v) is 18.8. The van der Waals surface area contributed by atoms with Gasteiger partial charge in [-0.05, 0) is 53.1 Å². The van der Waals surface area contributed by atoms with E-state index in [9.17, 15) is 27.9 Å². The third kappa shape index (κ3) is 10.2. The maximum absolute atomic E-state index is 14.3. The number of aliphatic hydroxyl groups excluding tert-OH is 1. The van der Waals surface area contributed by atoms with E-state index in [2.05, 4.69) is 15.5 Å². The number of ketones is 1. The molecular formula is C38H50N6O7S. The summed E-state index contributed by atoms with van der Waals surface area (Å²) in [6, 6.07) is 18.0. The molecule has 4 rings (SSSR count). The lowest BCUT2D eigenvalue weighted by molar-refractivity contribution is -0.130. The molecule has 14 heteroatoms. The number of hydrogen-bond acceptors (Lipinski definition) is 9. The minimum atomic E-state index is -4.09. The fraction of sp³-hybridized carbons (Fsp3) is 0.447. The van der Waals surface area contributed by atoms with Crippen LogP contribution in [0.2, 0.25) is 0 Å². The molecule has 280 valence electrons. The zero-order valence-corrected chi connectivity index (χ0v) is 31.5. The van der Waals surface area contributed by atoms with Crippen molar-refractivity contribution < 1.29 is 33.1 Å². The standard InChI is InChI=1S/C38H50N6O7S/c1-26(2)23-43(52(50,51)31-17-15-29(16-18-31)22-39-49)25-34(46)33(21-28-11-8-7-9-12-28)41-36(47)35(38(4,5)6)44-20-19-42(37(44)48)24-30-13-10-14-32(40-30)27(3)45/h7-18,22,26,33-35,46,49H,19-21,23-25H2,1-6H3,(H,41,47)/b39-22+/t33-,34+,35+/m0/s1. The number of benzene rings is 2. The second-order valence-electron chi connectivity index (χ2n) is 14.6. The zero-order valence-electron chi connectivity index (χ0n) is 30.6. The van der Waals surface area contributed by atoms with Crippen molar-refractivity contribution in [2.45, 2.75) is 77.6 Å². The van der Waals surface area contributed by atoms with E-state index in [4.69, 9.17) is 5.21 Å². The van der Waals surface area contributed by atoms with Gasteiger partial charge in [-0.3, -0.25) is 9.59 Å². The summed E-state index contributed by atoms with van der Waals surface area (Å²) in [6.45, 7) is 11.4. The molecule has 3 amide bonds. The number of amides is 3. The lowest BCUT2D eigenvalue weighted by atomic mass is 9.84. The van der Waals surface area contributed by atoms with E-state index < -0.39 is 39.5 Å². The number of aliphatic hydroxyl groups is 1. The first kappa shape index (κ1) is 40.1. The molecule has 0 saturated carbocycles. The molecule has 1 aliphatic heterocycles. The van der Waals surface area contributed by atoms with Crippen molar-refractivity contribution >= 4 is 34.0 Å².